The van der Waals surface area contributed by atoms with E-state index in [-0.39, 0.29) is 0 Å². The van der Waals surface area contributed by atoms with Gasteiger partial charge in [-0.05, 0) is 30.5 Å². The lowest BCUT2D eigenvalue weighted by Crippen LogP contribution is -2.35. The summed E-state index contributed by atoms with van der Waals surface area (Å²) < 4.78 is 5.35. The van der Waals surface area contributed by atoms with E-state index in [1.807, 2.05) is 0 Å². The average Bonchev–Trinajstić information content (AvgIpc) is 2.26. The zero-order valence-corrected chi connectivity index (χ0v) is 9.62. The summed E-state index contributed by atoms with van der Waals surface area (Å²) in [6.45, 7) is 9.34. The molecule has 0 saturated carbocycles. The fourth-order valence-corrected chi connectivity index (χ4v) is 1.98. The Balaban J connectivity index is 2.06. The Kier molecular flexibility index (Phi) is 3.39. The molecule has 82 valence electrons. The van der Waals surface area contributed by atoms with Crippen LogP contribution in [0.3, 0.4) is 0 Å². The maximum Gasteiger partial charge on any atom is 0.0594 e. The van der Waals surface area contributed by atoms with Gasteiger partial charge in [-0.15, -0.1) is 0 Å². The van der Waals surface area contributed by atoms with E-state index in [1.165, 1.54) is 16.7 Å². The maximum atomic E-state index is 5.35. The number of rotatable bonds is 2. The van der Waals surface area contributed by atoms with Crippen molar-refractivity contribution in [3.8, 4) is 0 Å². The molecular weight excluding hydrogens is 186 g/mol. The van der Waals surface area contributed by atoms with Crippen molar-refractivity contribution in [3.05, 3.63) is 34.9 Å². The first kappa shape index (κ1) is 10.7. The van der Waals surface area contributed by atoms with E-state index in [0.29, 0.717) is 0 Å². The van der Waals surface area contributed by atoms with Crippen LogP contribution in [0.15, 0.2) is 18.2 Å². The molecule has 1 fully saturated rings. The molecule has 1 heterocycles. The second kappa shape index (κ2) is 4.77. The zero-order valence-electron chi connectivity index (χ0n) is 9.62. The first-order valence-electron chi connectivity index (χ1n) is 5.62. The van der Waals surface area contributed by atoms with Crippen molar-refractivity contribution in [1.82, 2.24) is 4.90 Å². The van der Waals surface area contributed by atoms with Gasteiger partial charge >= 0.3 is 0 Å². The summed E-state index contributed by atoms with van der Waals surface area (Å²) in [4.78, 5) is 2.46. The molecule has 2 heteroatoms. The van der Waals surface area contributed by atoms with Crippen LogP contribution >= 0.6 is 0 Å². The van der Waals surface area contributed by atoms with Crippen LogP contribution in [0.25, 0.3) is 0 Å². The SMILES string of the molecule is Cc1cccc(CN2CCOCC2)c1C. The van der Waals surface area contributed by atoms with E-state index < -0.39 is 0 Å². The molecule has 0 unspecified atom stereocenters. The van der Waals surface area contributed by atoms with Crippen LogP contribution in [0, 0.1) is 13.8 Å². The molecule has 15 heavy (non-hydrogen) atoms. The van der Waals surface area contributed by atoms with Crippen LogP contribution in [-0.4, -0.2) is 31.2 Å². The fourth-order valence-electron chi connectivity index (χ4n) is 1.98. The lowest BCUT2D eigenvalue weighted by Gasteiger charge is -2.27. The van der Waals surface area contributed by atoms with E-state index in [2.05, 4.69) is 36.9 Å². The smallest absolute Gasteiger partial charge is 0.0594 e. The average molecular weight is 205 g/mol. The Bertz CT molecular complexity index is 329. The Morgan fingerprint density at radius 3 is 2.67 bits per heavy atom. The van der Waals surface area contributed by atoms with Gasteiger partial charge in [-0.2, -0.15) is 0 Å². The number of nitrogens with zero attached hydrogens (tertiary/aromatic N) is 1. The monoisotopic (exact) mass is 205 g/mol. The summed E-state index contributed by atoms with van der Waals surface area (Å²) in [5.41, 5.74) is 4.28. The Hall–Kier alpha value is -0.860. The molecule has 1 aliphatic heterocycles. The summed E-state index contributed by atoms with van der Waals surface area (Å²) in [5.74, 6) is 0. The molecule has 2 nitrogen and oxygen atoms in total. The summed E-state index contributed by atoms with van der Waals surface area (Å²) in [6.07, 6.45) is 0. The van der Waals surface area contributed by atoms with Gasteiger partial charge in [-0.25, -0.2) is 0 Å². The van der Waals surface area contributed by atoms with Crippen molar-refractivity contribution in [2.75, 3.05) is 26.3 Å². The highest BCUT2D eigenvalue weighted by molar-refractivity contribution is 5.32. The van der Waals surface area contributed by atoms with Crippen LogP contribution in [0.2, 0.25) is 0 Å². The van der Waals surface area contributed by atoms with Crippen LogP contribution in [0.4, 0.5) is 0 Å². The van der Waals surface area contributed by atoms with E-state index in [9.17, 15) is 0 Å². The topological polar surface area (TPSA) is 12.5 Å². The molecule has 0 N–H and O–H groups in total. The third kappa shape index (κ3) is 2.58. The molecule has 0 aromatic heterocycles. The summed E-state index contributed by atoms with van der Waals surface area (Å²) in [7, 11) is 0. The van der Waals surface area contributed by atoms with Gasteiger partial charge in [-0.1, -0.05) is 18.2 Å². The highest BCUT2D eigenvalue weighted by Crippen LogP contribution is 2.15. The second-order valence-electron chi connectivity index (χ2n) is 4.25. The molecule has 0 bridgehead atoms. The summed E-state index contributed by atoms with van der Waals surface area (Å²) >= 11 is 0. The predicted octanol–water partition coefficient (Wildman–Crippen LogP) is 2.14. The van der Waals surface area contributed by atoms with Crippen molar-refractivity contribution < 1.29 is 4.74 Å². The third-order valence-corrected chi connectivity index (χ3v) is 3.21. The van der Waals surface area contributed by atoms with Crippen LogP contribution in [-0.2, 0) is 11.3 Å². The molecule has 1 aromatic rings. The standard InChI is InChI=1S/C13H19NO/c1-11-4-3-5-13(12(11)2)10-14-6-8-15-9-7-14/h3-5H,6-10H2,1-2H3. The van der Waals surface area contributed by atoms with Gasteiger partial charge < -0.3 is 4.74 Å². The Labute approximate surface area is 91.9 Å². The first-order valence-corrected chi connectivity index (χ1v) is 5.62. The van der Waals surface area contributed by atoms with Gasteiger partial charge in [-0.3, -0.25) is 4.90 Å². The molecule has 1 aliphatic rings. The number of benzene rings is 1. The third-order valence-electron chi connectivity index (χ3n) is 3.21. The van der Waals surface area contributed by atoms with E-state index in [0.717, 1.165) is 32.8 Å². The number of hydrogen-bond donors (Lipinski definition) is 0. The highest BCUT2D eigenvalue weighted by atomic mass is 16.5. The minimum absolute atomic E-state index is 0.880. The second-order valence-corrected chi connectivity index (χ2v) is 4.25. The highest BCUT2D eigenvalue weighted by Gasteiger charge is 2.11. The summed E-state index contributed by atoms with van der Waals surface area (Å²) in [5, 5.41) is 0. The minimum atomic E-state index is 0.880. The van der Waals surface area contributed by atoms with E-state index in [4.69, 9.17) is 4.74 Å². The van der Waals surface area contributed by atoms with Crippen LogP contribution < -0.4 is 0 Å². The lowest BCUT2D eigenvalue weighted by atomic mass is 10.0. The van der Waals surface area contributed by atoms with Gasteiger partial charge in [0.25, 0.3) is 0 Å². The van der Waals surface area contributed by atoms with Gasteiger partial charge in [0.05, 0.1) is 13.2 Å². The zero-order chi connectivity index (χ0) is 10.7. The molecule has 1 aromatic carbocycles. The number of aryl methyl sites for hydroxylation is 1. The summed E-state index contributed by atoms with van der Waals surface area (Å²) in [6, 6.07) is 6.56. The van der Waals surface area contributed by atoms with Crippen LogP contribution in [0.5, 0.6) is 0 Å². The molecule has 1 saturated heterocycles. The van der Waals surface area contributed by atoms with Crippen molar-refractivity contribution in [3.63, 3.8) is 0 Å². The maximum absolute atomic E-state index is 5.35. The van der Waals surface area contributed by atoms with Gasteiger partial charge in [0.2, 0.25) is 0 Å². The molecule has 0 radical (unpaired) electrons. The van der Waals surface area contributed by atoms with Gasteiger partial charge in [0, 0.05) is 19.6 Å². The Morgan fingerprint density at radius 1 is 1.20 bits per heavy atom. The van der Waals surface area contributed by atoms with Crippen molar-refractivity contribution in [1.29, 1.82) is 0 Å². The molecule has 0 spiro atoms. The molecule has 0 aliphatic carbocycles. The Morgan fingerprint density at radius 2 is 1.93 bits per heavy atom. The molecular formula is C13H19NO. The normalized spacial score (nSPS) is 18.0. The largest absolute Gasteiger partial charge is 0.379 e. The number of ether oxygens (including phenoxy) is 1. The lowest BCUT2D eigenvalue weighted by molar-refractivity contribution is 0.0341. The molecule has 0 amide bonds. The van der Waals surface area contributed by atoms with Crippen LogP contribution in [0.1, 0.15) is 16.7 Å². The van der Waals surface area contributed by atoms with Crippen molar-refractivity contribution in [2.24, 2.45) is 0 Å². The number of morpholine rings is 1. The quantitative estimate of drug-likeness (QED) is 0.733. The van der Waals surface area contributed by atoms with Gasteiger partial charge in [0.1, 0.15) is 0 Å². The van der Waals surface area contributed by atoms with Gasteiger partial charge in [0.15, 0.2) is 0 Å². The fraction of sp³-hybridized carbons (Fsp3) is 0.538. The van der Waals surface area contributed by atoms with E-state index in [1.54, 1.807) is 0 Å². The molecule has 2 rings (SSSR count). The predicted molar refractivity (Wildman–Crippen MR) is 62.0 cm³/mol. The molecule has 0 atom stereocenters. The number of hydrogen-bond acceptors (Lipinski definition) is 2. The van der Waals surface area contributed by atoms with E-state index >= 15 is 0 Å². The van der Waals surface area contributed by atoms with Crippen molar-refractivity contribution in [2.45, 2.75) is 20.4 Å². The van der Waals surface area contributed by atoms with Crippen molar-refractivity contribution >= 4 is 0 Å². The first-order chi connectivity index (χ1) is 7.27. The minimum Gasteiger partial charge on any atom is -0.379 e.